The maximum atomic E-state index is 12.1. The molecule has 2 nitrogen and oxygen atoms in total. The second kappa shape index (κ2) is 4.54. The van der Waals surface area contributed by atoms with E-state index in [4.69, 9.17) is 0 Å². The molecule has 0 aromatic rings. The molecule has 0 radical (unpaired) electrons. The van der Waals surface area contributed by atoms with E-state index in [2.05, 4.69) is 53.8 Å². The highest BCUT2D eigenvalue weighted by Crippen LogP contribution is 2.49. The molecule has 0 heterocycles. The normalized spacial score (nSPS) is 16.7. The van der Waals surface area contributed by atoms with E-state index in [0.29, 0.717) is 11.8 Å². The summed E-state index contributed by atoms with van der Waals surface area (Å²) in [7, 11) is 1.72. The van der Waals surface area contributed by atoms with E-state index in [0.717, 1.165) is 0 Å². The molecule has 0 saturated heterocycles. The first kappa shape index (κ1) is 14.5. The molecule has 0 bridgehead atoms. The van der Waals surface area contributed by atoms with Crippen molar-refractivity contribution in [3.05, 3.63) is 0 Å². The molecule has 2 heteroatoms. The molecule has 0 aliphatic carbocycles. The van der Waals surface area contributed by atoms with Gasteiger partial charge in [-0.3, -0.25) is 4.79 Å². The first-order valence-electron chi connectivity index (χ1n) is 5.84. The van der Waals surface area contributed by atoms with Crippen LogP contribution in [0.25, 0.3) is 0 Å². The van der Waals surface area contributed by atoms with Gasteiger partial charge in [0.1, 0.15) is 0 Å². The third kappa shape index (κ3) is 2.19. The van der Waals surface area contributed by atoms with E-state index in [9.17, 15) is 4.79 Å². The summed E-state index contributed by atoms with van der Waals surface area (Å²) in [5, 5.41) is 2.81. The standard InChI is InChI=1S/C13H27NO/c1-9(2)12(5,6)13(7,10(3)4)11(15)14-8/h9-10H,1-8H3,(H,14,15). The zero-order valence-corrected chi connectivity index (χ0v) is 11.6. The highest BCUT2D eigenvalue weighted by atomic mass is 16.2. The van der Waals surface area contributed by atoms with Gasteiger partial charge < -0.3 is 5.32 Å². The van der Waals surface area contributed by atoms with Gasteiger partial charge in [0.15, 0.2) is 0 Å². The number of rotatable bonds is 4. The SMILES string of the molecule is CNC(=O)C(C)(C(C)C)C(C)(C)C(C)C. The third-order valence-corrected chi connectivity index (χ3v) is 4.64. The molecule has 1 atom stereocenters. The molecule has 0 aliphatic heterocycles. The van der Waals surface area contributed by atoms with Crippen LogP contribution in [0.5, 0.6) is 0 Å². The van der Waals surface area contributed by atoms with E-state index >= 15 is 0 Å². The average molecular weight is 213 g/mol. The Morgan fingerprint density at radius 3 is 1.60 bits per heavy atom. The first-order chi connectivity index (χ1) is 6.62. The Balaban J connectivity index is 5.39. The van der Waals surface area contributed by atoms with Crippen LogP contribution in [-0.2, 0) is 4.79 Å². The molecule has 0 fully saturated rings. The zero-order valence-electron chi connectivity index (χ0n) is 11.6. The van der Waals surface area contributed by atoms with Crippen molar-refractivity contribution in [3.8, 4) is 0 Å². The predicted molar refractivity (Wildman–Crippen MR) is 65.6 cm³/mol. The van der Waals surface area contributed by atoms with Crippen molar-refractivity contribution in [1.82, 2.24) is 5.32 Å². The summed E-state index contributed by atoms with van der Waals surface area (Å²) in [6.07, 6.45) is 0. The Hall–Kier alpha value is -0.530. The topological polar surface area (TPSA) is 29.1 Å². The smallest absolute Gasteiger partial charge is 0.226 e. The van der Waals surface area contributed by atoms with Gasteiger partial charge in [-0.2, -0.15) is 0 Å². The summed E-state index contributed by atoms with van der Waals surface area (Å²) in [5.41, 5.74) is -0.336. The maximum Gasteiger partial charge on any atom is 0.226 e. The lowest BCUT2D eigenvalue weighted by Crippen LogP contribution is -2.52. The van der Waals surface area contributed by atoms with Crippen LogP contribution in [0.15, 0.2) is 0 Å². The molecular formula is C13H27NO. The fourth-order valence-corrected chi connectivity index (χ4v) is 2.16. The Bertz CT molecular complexity index is 231. The summed E-state index contributed by atoms with van der Waals surface area (Å²) in [5.74, 6) is 0.952. The minimum absolute atomic E-state index is 0.0126. The van der Waals surface area contributed by atoms with Crippen molar-refractivity contribution < 1.29 is 4.79 Å². The molecule has 0 saturated carbocycles. The monoisotopic (exact) mass is 213 g/mol. The van der Waals surface area contributed by atoms with E-state index in [-0.39, 0.29) is 16.7 Å². The highest BCUT2D eigenvalue weighted by Gasteiger charge is 2.50. The molecule has 1 N–H and O–H groups in total. The number of nitrogens with one attached hydrogen (secondary N) is 1. The van der Waals surface area contributed by atoms with E-state index in [1.54, 1.807) is 7.05 Å². The second-order valence-electron chi connectivity index (χ2n) is 5.81. The summed E-state index contributed by atoms with van der Waals surface area (Å²) >= 11 is 0. The largest absolute Gasteiger partial charge is 0.359 e. The molecule has 15 heavy (non-hydrogen) atoms. The van der Waals surface area contributed by atoms with Gasteiger partial charge in [-0.1, -0.05) is 41.5 Å². The van der Waals surface area contributed by atoms with E-state index in [1.165, 1.54) is 0 Å². The predicted octanol–water partition coefficient (Wildman–Crippen LogP) is 3.08. The molecule has 0 aliphatic rings. The second-order valence-corrected chi connectivity index (χ2v) is 5.81. The van der Waals surface area contributed by atoms with Crippen LogP contribution in [0.4, 0.5) is 0 Å². The fourth-order valence-electron chi connectivity index (χ4n) is 2.16. The number of hydrogen-bond acceptors (Lipinski definition) is 1. The minimum atomic E-state index is -0.323. The highest BCUT2D eigenvalue weighted by molar-refractivity contribution is 5.83. The Morgan fingerprint density at radius 1 is 1.00 bits per heavy atom. The number of carbonyl (C=O) groups excluding carboxylic acids is 1. The van der Waals surface area contributed by atoms with Gasteiger partial charge in [-0.25, -0.2) is 0 Å². The molecule has 0 rings (SSSR count). The van der Waals surface area contributed by atoms with E-state index < -0.39 is 0 Å². The summed E-state index contributed by atoms with van der Waals surface area (Å²) in [6, 6.07) is 0. The van der Waals surface area contributed by atoms with Gasteiger partial charge >= 0.3 is 0 Å². The number of carbonyl (C=O) groups is 1. The van der Waals surface area contributed by atoms with Gasteiger partial charge in [0.2, 0.25) is 5.91 Å². The fraction of sp³-hybridized carbons (Fsp3) is 0.923. The van der Waals surface area contributed by atoms with Crippen molar-refractivity contribution in [2.24, 2.45) is 22.7 Å². The minimum Gasteiger partial charge on any atom is -0.359 e. The molecule has 90 valence electrons. The van der Waals surface area contributed by atoms with Crippen LogP contribution < -0.4 is 5.32 Å². The van der Waals surface area contributed by atoms with Gasteiger partial charge in [0.05, 0.1) is 5.41 Å². The lowest BCUT2D eigenvalue weighted by Gasteiger charge is -2.48. The Kier molecular flexibility index (Phi) is 4.38. The van der Waals surface area contributed by atoms with Crippen molar-refractivity contribution in [3.63, 3.8) is 0 Å². The quantitative estimate of drug-likeness (QED) is 0.764. The van der Waals surface area contributed by atoms with Gasteiger partial charge in [0.25, 0.3) is 0 Å². The first-order valence-corrected chi connectivity index (χ1v) is 5.84. The summed E-state index contributed by atoms with van der Waals surface area (Å²) in [4.78, 5) is 12.1. The molecular weight excluding hydrogens is 186 g/mol. The van der Waals surface area contributed by atoms with Crippen LogP contribution in [0, 0.1) is 22.7 Å². The molecule has 0 aromatic heterocycles. The Labute approximate surface area is 94.8 Å². The van der Waals surface area contributed by atoms with Crippen molar-refractivity contribution >= 4 is 5.91 Å². The van der Waals surface area contributed by atoms with Crippen molar-refractivity contribution in [1.29, 1.82) is 0 Å². The Morgan fingerprint density at radius 2 is 1.40 bits per heavy atom. The molecule has 0 aromatic carbocycles. The van der Waals surface area contributed by atoms with Crippen LogP contribution >= 0.6 is 0 Å². The van der Waals surface area contributed by atoms with Gasteiger partial charge in [-0.15, -0.1) is 0 Å². The maximum absolute atomic E-state index is 12.1. The van der Waals surface area contributed by atoms with Gasteiger partial charge in [-0.05, 0) is 24.2 Å². The molecule has 1 unspecified atom stereocenters. The van der Waals surface area contributed by atoms with Crippen LogP contribution in [-0.4, -0.2) is 13.0 Å². The lowest BCUT2D eigenvalue weighted by atomic mass is 9.56. The van der Waals surface area contributed by atoms with Crippen LogP contribution in [0.2, 0.25) is 0 Å². The molecule has 1 amide bonds. The number of amides is 1. The van der Waals surface area contributed by atoms with Crippen molar-refractivity contribution in [2.45, 2.75) is 48.5 Å². The lowest BCUT2D eigenvalue weighted by molar-refractivity contribution is -0.143. The zero-order chi connectivity index (χ0) is 12.4. The summed E-state index contributed by atoms with van der Waals surface area (Å²) < 4.78 is 0. The third-order valence-electron chi connectivity index (χ3n) is 4.64. The van der Waals surface area contributed by atoms with Gasteiger partial charge in [0, 0.05) is 7.05 Å². The number of hydrogen-bond donors (Lipinski definition) is 1. The van der Waals surface area contributed by atoms with Crippen molar-refractivity contribution in [2.75, 3.05) is 7.05 Å². The van der Waals surface area contributed by atoms with Crippen LogP contribution in [0.1, 0.15) is 48.5 Å². The van der Waals surface area contributed by atoms with E-state index in [1.807, 2.05) is 0 Å². The van der Waals surface area contributed by atoms with Crippen LogP contribution in [0.3, 0.4) is 0 Å². The molecule has 0 spiro atoms. The average Bonchev–Trinajstić information content (AvgIpc) is 2.14. The summed E-state index contributed by atoms with van der Waals surface area (Å²) in [6.45, 7) is 15.1.